The first-order valence-electron chi connectivity index (χ1n) is 6.09. The van der Waals surface area contributed by atoms with Crippen molar-refractivity contribution in [2.24, 2.45) is 11.7 Å². The molecule has 17 heavy (non-hydrogen) atoms. The van der Waals surface area contributed by atoms with E-state index in [1.54, 1.807) is 12.4 Å². The monoisotopic (exact) mass is 235 g/mol. The summed E-state index contributed by atoms with van der Waals surface area (Å²) in [7, 11) is 4.25. The third-order valence-electron chi connectivity index (χ3n) is 3.29. The van der Waals surface area contributed by atoms with Crippen molar-refractivity contribution >= 4 is 5.82 Å². The molecule has 0 aliphatic carbocycles. The van der Waals surface area contributed by atoms with Crippen LogP contribution >= 0.6 is 0 Å². The summed E-state index contributed by atoms with van der Waals surface area (Å²) in [5.74, 6) is 1.65. The van der Waals surface area contributed by atoms with Crippen LogP contribution in [0.4, 0.5) is 5.82 Å². The van der Waals surface area contributed by atoms with Gasteiger partial charge in [-0.25, -0.2) is 4.98 Å². The molecule has 0 amide bonds. The zero-order valence-corrected chi connectivity index (χ0v) is 10.6. The van der Waals surface area contributed by atoms with Gasteiger partial charge in [-0.15, -0.1) is 0 Å². The van der Waals surface area contributed by atoms with E-state index in [9.17, 15) is 0 Å². The van der Waals surface area contributed by atoms with Gasteiger partial charge in [-0.3, -0.25) is 4.98 Å². The normalized spacial score (nSPS) is 20.8. The maximum atomic E-state index is 5.57. The quantitative estimate of drug-likeness (QED) is 0.814. The highest BCUT2D eigenvalue weighted by Gasteiger charge is 2.21. The minimum atomic E-state index is 0.445. The number of nitrogens with zero attached hydrogens (tertiary/aromatic N) is 4. The van der Waals surface area contributed by atoms with Gasteiger partial charge in [0.05, 0.1) is 11.9 Å². The van der Waals surface area contributed by atoms with E-state index in [2.05, 4.69) is 33.9 Å². The summed E-state index contributed by atoms with van der Waals surface area (Å²) in [6.45, 7) is 3.86. The van der Waals surface area contributed by atoms with Gasteiger partial charge < -0.3 is 15.5 Å². The van der Waals surface area contributed by atoms with Crippen LogP contribution in [0, 0.1) is 5.92 Å². The number of nitrogens with two attached hydrogens (primary N) is 1. The fourth-order valence-corrected chi connectivity index (χ4v) is 2.33. The van der Waals surface area contributed by atoms with Crippen molar-refractivity contribution in [1.82, 2.24) is 14.9 Å². The van der Waals surface area contributed by atoms with Gasteiger partial charge in [0.1, 0.15) is 5.82 Å². The minimum Gasteiger partial charge on any atom is -0.358 e. The molecule has 0 aromatic carbocycles. The van der Waals surface area contributed by atoms with Crippen LogP contribution in [0.2, 0.25) is 0 Å². The van der Waals surface area contributed by atoms with Crippen molar-refractivity contribution in [3.05, 3.63) is 18.1 Å². The summed E-state index contributed by atoms with van der Waals surface area (Å²) in [5, 5.41) is 0. The van der Waals surface area contributed by atoms with Crippen molar-refractivity contribution in [1.29, 1.82) is 0 Å². The zero-order chi connectivity index (χ0) is 12.3. The molecule has 1 saturated heterocycles. The lowest BCUT2D eigenvalue weighted by atomic mass is 10.1. The first-order chi connectivity index (χ1) is 8.19. The molecular weight excluding hydrogens is 214 g/mol. The van der Waals surface area contributed by atoms with Crippen molar-refractivity contribution in [2.45, 2.75) is 13.0 Å². The van der Waals surface area contributed by atoms with Gasteiger partial charge in [0.15, 0.2) is 0 Å². The van der Waals surface area contributed by atoms with E-state index in [1.165, 1.54) is 19.5 Å². The third kappa shape index (κ3) is 3.14. The predicted molar refractivity (Wildman–Crippen MR) is 68.8 cm³/mol. The molecule has 1 aromatic heterocycles. The Kier molecular flexibility index (Phi) is 3.91. The van der Waals surface area contributed by atoms with Crippen molar-refractivity contribution in [2.75, 3.05) is 38.6 Å². The van der Waals surface area contributed by atoms with E-state index < -0.39 is 0 Å². The second-order valence-electron chi connectivity index (χ2n) is 4.87. The van der Waals surface area contributed by atoms with Gasteiger partial charge in [0, 0.05) is 32.9 Å². The summed E-state index contributed by atoms with van der Waals surface area (Å²) >= 11 is 0. The van der Waals surface area contributed by atoms with E-state index in [-0.39, 0.29) is 0 Å². The van der Waals surface area contributed by atoms with E-state index in [4.69, 9.17) is 5.73 Å². The van der Waals surface area contributed by atoms with Gasteiger partial charge in [0.25, 0.3) is 0 Å². The van der Waals surface area contributed by atoms with Crippen molar-refractivity contribution in [3.63, 3.8) is 0 Å². The fourth-order valence-electron chi connectivity index (χ4n) is 2.33. The second-order valence-corrected chi connectivity index (χ2v) is 4.87. The molecule has 0 radical (unpaired) electrons. The molecule has 1 atom stereocenters. The van der Waals surface area contributed by atoms with E-state index in [1.807, 2.05) is 0 Å². The molecule has 5 heteroatoms. The summed E-state index contributed by atoms with van der Waals surface area (Å²) < 4.78 is 0. The molecule has 2 N–H and O–H groups in total. The first-order valence-corrected chi connectivity index (χ1v) is 6.09. The van der Waals surface area contributed by atoms with Crippen LogP contribution in [-0.2, 0) is 6.54 Å². The fraction of sp³-hybridized carbons (Fsp3) is 0.667. The Morgan fingerprint density at radius 2 is 2.35 bits per heavy atom. The molecular formula is C12H21N5. The Hall–Kier alpha value is -1.20. The van der Waals surface area contributed by atoms with Gasteiger partial charge >= 0.3 is 0 Å². The SMILES string of the molecule is CN1CCC(CN(C)c2cncc(CN)n2)C1. The number of likely N-dealkylation sites (tertiary alicyclic amines) is 1. The topological polar surface area (TPSA) is 58.3 Å². The molecule has 1 unspecified atom stereocenters. The molecule has 94 valence electrons. The summed E-state index contributed by atoms with van der Waals surface area (Å²) in [6, 6.07) is 0. The molecule has 0 bridgehead atoms. The Balaban J connectivity index is 1.96. The van der Waals surface area contributed by atoms with Crippen LogP contribution in [0.1, 0.15) is 12.1 Å². The van der Waals surface area contributed by atoms with Crippen LogP contribution in [0.15, 0.2) is 12.4 Å². The summed E-state index contributed by atoms with van der Waals surface area (Å²) in [4.78, 5) is 13.2. The smallest absolute Gasteiger partial charge is 0.147 e. The van der Waals surface area contributed by atoms with E-state index >= 15 is 0 Å². The van der Waals surface area contributed by atoms with Gasteiger partial charge in [-0.05, 0) is 25.9 Å². The van der Waals surface area contributed by atoms with Gasteiger partial charge in [0.2, 0.25) is 0 Å². The largest absolute Gasteiger partial charge is 0.358 e. The molecule has 1 aliphatic rings. The Morgan fingerprint density at radius 1 is 1.53 bits per heavy atom. The number of aromatic nitrogens is 2. The highest BCUT2D eigenvalue weighted by molar-refractivity contribution is 5.35. The lowest BCUT2D eigenvalue weighted by Gasteiger charge is -2.22. The highest BCUT2D eigenvalue weighted by atomic mass is 15.2. The summed E-state index contributed by atoms with van der Waals surface area (Å²) in [6.07, 6.45) is 4.80. The lowest BCUT2D eigenvalue weighted by molar-refractivity contribution is 0.395. The Morgan fingerprint density at radius 3 is 3.00 bits per heavy atom. The van der Waals surface area contributed by atoms with Crippen molar-refractivity contribution in [3.8, 4) is 0 Å². The maximum Gasteiger partial charge on any atom is 0.147 e. The van der Waals surface area contributed by atoms with Crippen LogP contribution in [0.3, 0.4) is 0 Å². The van der Waals surface area contributed by atoms with E-state index in [0.29, 0.717) is 6.54 Å². The van der Waals surface area contributed by atoms with Crippen LogP contribution < -0.4 is 10.6 Å². The van der Waals surface area contributed by atoms with E-state index in [0.717, 1.165) is 24.0 Å². The number of rotatable bonds is 4. The van der Waals surface area contributed by atoms with Crippen molar-refractivity contribution < 1.29 is 0 Å². The minimum absolute atomic E-state index is 0.445. The molecule has 1 fully saturated rings. The average Bonchev–Trinajstić information content (AvgIpc) is 2.75. The van der Waals surface area contributed by atoms with Crippen LogP contribution in [0.5, 0.6) is 0 Å². The molecule has 1 aromatic rings. The molecule has 2 heterocycles. The van der Waals surface area contributed by atoms with Crippen LogP contribution in [-0.4, -0.2) is 48.6 Å². The average molecular weight is 235 g/mol. The second kappa shape index (κ2) is 5.42. The predicted octanol–water partition coefficient (Wildman–Crippen LogP) is 0.323. The van der Waals surface area contributed by atoms with Crippen LogP contribution in [0.25, 0.3) is 0 Å². The molecule has 5 nitrogen and oxygen atoms in total. The summed E-state index contributed by atoms with van der Waals surface area (Å²) in [5.41, 5.74) is 6.42. The molecule has 2 rings (SSSR count). The Bertz CT molecular complexity index is 368. The van der Waals surface area contributed by atoms with Gasteiger partial charge in [-0.2, -0.15) is 0 Å². The lowest BCUT2D eigenvalue weighted by Crippen LogP contribution is -2.28. The molecule has 0 saturated carbocycles. The first kappa shape index (κ1) is 12.3. The number of hydrogen-bond donors (Lipinski definition) is 1. The zero-order valence-electron chi connectivity index (χ0n) is 10.6. The maximum absolute atomic E-state index is 5.57. The standard InChI is InChI=1S/C12H21N5/c1-16-4-3-10(8-16)9-17(2)12-7-14-6-11(5-13)15-12/h6-7,10H,3-5,8-9,13H2,1-2H3. The Labute approximate surface area is 103 Å². The number of hydrogen-bond acceptors (Lipinski definition) is 5. The molecule has 0 spiro atoms. The van der Waals surface area contributed by atoms with Gasteiger partial charge in [-0.1, -0.05) is 0 Å². The highest BCUT2D eigenvalue weighted by Crippen LogP contribution is 2.17. The molecule has 1 aliphatic heterocycles. The third-order valence-corrected chi connectivity index (χ3v) is 3.29. The number of anilines is 1.